The second-order valence-electron chi connectivity index (χ2n) is 8.05. The fourth-order valence-corrected chi connectivity index (χ4v) is 3.72. The van der Waals surface area contributed by atoms with Gasteiger partial charge in [-0.1, -0.05) is 37.5 Å². The maximum Gasteiger partial charge on any atom is 0.243 e. The van der Waals surface area contributed by atoms with Gasteiger partial charge in [0.2, 0.25) is 5.91 Å². The minimum atomic E-state index is -0.161. The summed E-state index contributed by atoms with van der Waals surface area (Å²) < 4.78 is 14.2. The second-order valence-corrected chi connectivity index (χ2v) is 8.05. The molecule has 0 unspecified atom stereocenters. The van der Waals surface area contributed by atoms with E-state index in [9.17, 15) is 9.18 Å². The van der Waals surface area contributed by atoms with Crippen molar-refractivity contribution in [1.82, 2.24) is 15.5 Å². The van der Waals surface area contributed by atoms with E-state index in [1.165, 1.54) is 25.3 Å². The third kappa shape index (κ3) is 6.06. The van der Waals surface area contributed by atoms with Crippen LogP contribution in [-0.2, 0) is 10.2 Å². The standard InChI is InChI=1S/C21H31FN4O.HI/c1-26(2)19(27)14-23-20(25-16-8-4-3-5-9-16)24-15-21(12-13-21)17-10-6-7-11-18(17)22;/h6-7,10-11,16H,3-5,8-9,12-15H2,1-2H3,(H2,23,24,25);1H. The third-order valence-corrected chi connectivity index (χ3v) is 5.71. The number of carbonyl (C=O) groups excluding carboxylic acids is 1. The molecule has 2 N–H and O–H groups in total. The Morgan fingerprint density at radius 3 is 2.50 bits per heavy atom. The fourth-order valence-electron chi connectivity index (χ4n) is 3.72. The number of hydrogen-bond donors (Lipinski definition) is 2. The molecule has 0 aromatic heterocycles. The molecule has 1 amide bonds. The van der Waals surface area contributed by atoms with Gasteiger partial charge in [0.05, 0.1) is 0 Å². The Bertz CT molecular complexity index is 685. The van der Waals surface area contributed by atoms with Crippen LogP contribution in [-0.4, -0.2) is 50.0 Å². The average molecular weight is 502 g/mol. The molecule has 5 nitrogen and oxygen atoms in total. The number of carbonyl (C=O) groups is 1. The quantitative estimate of drug-likeness (QED) is 0.356. The van der Waals surface area contributed by atoms with E-state index in [0.29, 0.717) is 18.5 Å². The minimum Gasteiger partial charge on any atom is -0.355 e. The number of amides is 1. The fraction of sp³-hybridized carbons (Fsp3) is 0.619. The number of halogens is 2. The van der Waals surface area contributed by atoms with Crippen molar-refractivity contribution >= 4 is 35.8 Å². The number of likely N-dealkylation sites (N-methyl/N-ethyl adjacent to an activating group) is 1. The van der Waals surface area contributed by atoms with Gasteiger partial charge >= 0.3 is 0 Å². The number of rotatable bonds is 6. The highest BCUT2D eigenvalue weighted by Crippen LogP contribution is 2.48. The van der Waals surface area contributed by atoms with Gasteiger partial charge in [0.1, 0.15) is 12.4 Å². The number of guanidine groups is 1. The summed E-state index contributed by atoms with van der Waals surface area (Å²) in [5, 5.41) is 6.88. The highest BCUT2D eigenvalue weighted by atomic mass is 127. The molecule has 3 rings (SSSR count). The molecule has 28 heavy (non-hydrogen) atoms. The summed E-state index contributed by atoms with van der Waals surface area (Å²) >= 11 is 0. The van der Waals surface area contributed by atoms with Gasteiger partial charge in [-0.2, -0.15) is 0 Å². The Morgan fingerprint density at radius 2 is 1.89 bits per heavy atom. The maximum atomic E-state index is 14.2. The van der Waals surface area contributed by atoms with Crippen molar-refractivity contribution in [2.24, 2.45) is 4.99 Å². The van der Waals surface area contributed by atoms with Gasteiger partial charge in [-0.3, -0.25) is 4.79 Å². The Kier molecular flexibility index (Phi) is 8.52. The summed E-state index contributed by atoms with van der Waals surface area (Å²) in [5.74, 6) is 0.494. The highest BCUT2D eigenvalue weighted by Gasteiger charge is 2.45. The smallest absolute Gasteiger partial charge is 0.243 e. The summed E-state index contributed by atoms with van der Waals surface area (Å²) in [5.41, 5.74) is 0.616. The summed E-state index contributed by atoms with van der Waals surface area (Å²) in [6.45, 7) is 0.740. The predicted molar refractivity (Wildman–Crippen MR) is 122 cm³/mol. The van der Waals surface area contributed by atoms with Crippen LogP contribution in [0.5, 0.6) is 0 Å². The van der Waals surface area contributed by atoms with Gasteiger partial charge < -0.3 is 15.5 Å². The molecular weight excluding hydrogens is 470 g/mol. The molecule has 0 saturated heterocycles. The van der Waals surface area contributed by atoms with E-state index in [1.54, 1.807) is 25.1 Å². The van der Waals surface area contributed by atoms with Crippen LogP contribution >= 0.6 is 24.0 Å². The van der Waals surface area contributed by atoms with Crippen LogP contribution in [0.4, 0.5) is 4.39 Å². The van der Waals surface area contributed by atoms with Crippen LogP contribution in [0.3, 0.4) is 0 Å². The van der Waals surface area contributed by atoms with Crippen LogP contribution in [0, 0.1) is 5.82 Å². The second kappa shape index (κ2) is 10.4. The molecule has 2 fully saturated rings. The molecule has 156 valence electrons. The summed E-state index contributed by atoms with van der Waals surface area (Å²) in [7, 11) is 3.47. The molecular formula is C21H32FIN4O. The first-order chi connectivity index (χ1) is 13.0. The number of nitrogens with zero attached hydrogens (tertiary/aromatic N) is 2. The molecule has 0 aliphatic heterocycles. The first kappa shape index (κ1) is 22.9. The Labute approximate surface area is 184 Å². The van der Waals surface area contributed by atoms with Gasteiger partial charge in [-0.15, -0.1) is 24.0 Å². The first-order valence-electron chi connectivity index (χ1n) is 10.0. The highest BCUT2D eigenvalue weighted by molar-refractivity contribution is 14.0. The Hall–Kier alpha value is -1.38. The Morgan fingerprint density at radius 1 is 1.21 bits per heavy atom. The summed E-state index contributed by atoms with van der Waals surface area (Å²) in [4.78, 5) is 18.0. The lowest BCUT2D eigenvalue weighted by Crippen LogP contribution is -2.47. The van der Waals surface area contributed by atoms with Crippen molar-refractivity contribution in [2.75, 3.05) is 27.2 Å². The van der Waals surface area contributed by atoms with Crippen molar-refractivity contribution in [1.29, 1.82) is 0 Å². The number of benzene rings is 1. The normalized spacial score (nSPS) is 18.8. The van der Waals surface area contributed by atoms with Gasteiger partial charge in [0.25, 0.3) is 0 Å². The van der Waals surface area contributed by atoms with E-state index in [4.69, 9.17) is 0 Å². The summed E-state index contributed by atoms with van der Waals surface area (Å²) in [6, 6.07) is 7.42. The molecule has 2 saturated carbocycles. The lowest BCUT2D eigenvalue weighted by Gasteiger charge is -2.26. The Balaban J connectivity index is 0.00000280. The van der Waals surface area contributed by atoms with Gasteiger partial charge in [0.15, 0.2) is 5.96 Å². The number of aliphatic imine (C=N–C) groups is 1. The molecule has 0 radical (unpaired) electrons. The monoisotopic (exact) mass is 502 g/mol. The lowest BCUT2D eigenvalue weighted by atomic mass is 9.95. The van der Waals surface area contributed by atoms with Crippen LogP contribution in [0.2, 0.25) is 0 Å². The van der Waals surface area contributed by atoms with E-state index in [1.807, 2.05) is 12.1 Å². The SMILES string of the molecule is CN(C)C(=O)CN=C(NCC1(c2ccccc2F)CC1)NC1CCCCC1.I. The zero-order chi connectivity index (χ0) is 19.3. The molecule has 0 heterocycles. The van der Waals surface area contributed by atoms with Crippen molar-refractivity contribution in [3.05, 3.63) is 35.6 Å². The molecule has 7 heteroatoms. The van der Waals surface area contributed by atoms with Crippen molar-refractivity contribution in [2.45, 2.75) is 56.4 Å². The van der Waals surface area contributed by atoms with Gasteiger partial charge in [0, 0.05) is 32.1 Å². The van der Waals surface area contributed by atoms with E-state index < -0.39 is 0 Å². The topological polar surface area (TPSA) is 56.7 Å². The minimum absolute atomic E-state index is 0. The average Bonchev–Trinajstić information content (AvgIpc) is 3.45. The zero-order valence-electron chi connectivity index (χ0n) is 16.8. The first-order valence-corrected chi connectivity index (χ1v) is 10.0. The van der Waals surface area contributed by atoms with E-state index in [0.717, 1.165) is 31.2 Å². The molecule has 2 aliphatic carbocycles. The van der Waals surface area contributed by atoms with Gasteiger partial charge in [-0.25, -0.2) is 9.38 Å². The van der Waals surface area contributed by atoms with E-state index >= 15 is 0 Å². The van der Waals surface area contributed by atoms with Crippen molar-refractivity contribution in [3.63, 3.8) is 0 Å². The maximum absolute atomic E-state index is 14.2. The van der Waals surface area contributed by atoms with Crippen molar-refractivity contribution < 1.29 is 9.18 Å². The zero-order valence-corrected chi connectivity index (χ0v) is 19.2. The predicted octanol–water partition coefficient (Wildman–Crippen LogP) is 3.43. The van der Waals surface area contributed by atoms with Crippen LogP contribution in [0.1, 0.15) is 50.5 Å². The van der Waals surface area contributed by atoms with Crippen LogP contribution < -0.4 is 10.6 Å². The van der Waals surface area contributed by atoms with Crippen LogP contribution in [0.15, 0.2) is 29.3 Å². The summed E-state index contributed by atoms with van der Waals surface area (Å²) in [6.07, 6.45) is 7.92. The number of nitrogens with one attached hydrogen (secondary N) is 2. The molecule has 1 aromatic carbocycles. The van der Waals surface area contributed by atoms with E-state index in [2.05, 4.69) is 15.6 Å². The van der Waals surface area contributed by atoms with E-state index in [-0.39, 0.29) is 47.7 Å². The number of hydrogen-bond acceptors (Lipinski definition) is 2. The van der Waals surface area contributed by atoms with Gasteiger partial charge in [-0.05, 0) is 37.3 Å². The third-order valence-electron chi connectivity index (χ3n) is 5.71. The van der Waals surface area contributed by atoms with Crippen LogP contribution in [0.25, 0.3) is 0 Å². The molecule has 2 aliphatic rings. The lowest BCUT2D eigenvalue weighted by molar-refractivity contribution is -0.127. The molecule has 0 spiro atoms. The largest absolute Gasteiger partial charge is 0.355 e. The molecule has 0 bridgehead atoms. The van der Waals surface area contributed by atoms with Crippen molar-refractivity contribution in [3.8, 4) is 0 Å². The molecule has 0 atom stereocenters. The molecule has 1 aromatic rings.